The Hall–Kier alpha value is -2.23. The molecule has 156 valence electrons. The van der Waals surface area contributed by atoms with Crippen LogP contribution in [0.25, 0.3) is 0 Å². The summed E-state index contributed by atoms with van der Waals surface area (Å²) in [7, 11) is 0. The highest BCUT2D eigenvalue weighted by molar-refractivity contribution is 5.99. The second-order valence-electron chi connectivity index (χ2n) is 8.30. The normalized spacial score (nSPS) is 14.6. The molecule has 4 heteroatoms. The number of anilines is 1. The van der Waals surface area contributed by atoms with Crippen molar-refractivity contribution in [3.8, 4) is 0 Å². The van der Waals surface area contributed by atoms with Crippen LogP contribution in [0.3, 0.4) is 0 Å². The van der Waals surface area contributed by atoms with Crippen molar-refractivity contribution in [2.24, 2.45) is 5.92 Å². The number of benzene rings is 1. The third-order valence-electron chi connectivity index (χ3n) is 6.00. The van der Waals surface area contributed by atoms with Crippen LogP contribution in [0.15, 0.2) is 36.5 Å². The maximum absolute atomic E-state index is 14.8. The molecule has 0 saturated heterocycles. The molecule has 0 amide bonds. The summed E-state index contributed by atoms with van der Waals surface area (Å²) in [6.45, 7) is 7.96. The first kappa shape index (κ1) is 21.5. The van der Waals surface area contributed by atoms with Gasteiger partial charge in [0.2, 0.25) is 0 Å². The van der Waals surface area contributed by atoms with Gasteiger partial charge in [0.15, 0.2) is 0 Å². The smallest absolute Gasteiger partial charge is 0.146 e. The Morgan fingerprint density at radius 2 is 2.03 bits per heavy atom. The van der Waals surface area contributed by atoms with Crippen LogP contribution >= 0.6 is 0 Å². The number of hydrogen-bond acceptors (Lipinski definition) is 3. The average molecular weight is 396 g/mol. The maximum Gasteiger partial charge on any atom is 0.146 e. The van der Waals surface area contributed by atoms with Crippen LogP contribution < -0.4 is 4.90 Å². The van der Waals surface area contributed by atoms with Gasteiger partial charge < -0.3 is 10.3 Å². The van der Waals surface area contributed by atoms with Crippen molar-refractivity contribution in [1.29, 1.82) is 5.41 Å². The first-order valence-electron chi connectivity index (χ1n) is 11.1. The Morgan fingerprint density at radius 1 is 1.24 bits per heavy atom. The fraction of sp³-hybridized carbons (Fsp3) is 0.520. The highest BCUT2D eigenvalue weighted by atomic mass is 19.1. The molecule has 0 aliphatic heterocycles. The Labute approximate surface area is 174 Å². The summed E-state index contributed by atoms with van der Waals surface area (Å²) in [4.78, 5) is 6.60. The zero-order chi connectivity index (χ0) is 20.8. The number of aryl methyl sites for hydroxylation is 1. The largest absolute Gasteiger partial charge is 0.369 e. The van der Waals surface area contributed by atoms with Gasteiger partial charge in [0.1, 0.15) is 5.82 Å². The van der Waals surface area contributed by atoms with E-state index in [0.717, 1.165) is 61.3 Å². The van der Waals surface area contributed by atoms with Crippen LogP contribution in [0, 0.1) is 24.1 Å². The monoisotopic (exact) mass is 395 g/mol. The van der Waals surface area contributed by atoms with E-state index >= 15 is 0 Å². The number of hydrogen-bond donors (Lipinski definition) is 1. The summed E-state index contributed by atoms with van der Waals surface area (Å²) in [5.41, 5.74) is 4.37. The Kier molecular flexibility index (Phi) is 7.40. The number of nitrogens with one attached hydrogen (secondary N) is 1. The molecule has 0 spiro atoms. The number of pyridine rings is 1. The molecule has 0 bridgehead atoms. The fourth-order valence-corrected chi connectivity index (χ4v) is 4.11. The van der Waals surface area contributed by atoms with Crippen molar-refractivity contribution in [3.05, 3.63) is 59.2 Å². The zero-order valence-electron chi connectivity index (χ0n) is 18.0. The lowest BCUT2D eigenvalue weighted by Gasteiger charge is -2.26. The van der Waals surface area contributed by atoms with Crippen molar-refractivity contribution < 1.29 is 4.39 Å². The van der Waals surface area contributed by atoms with Crippen LogP contribution in [0.1, 0.15) is 75.1 Å². The van der Waals surface area contributed by atoms with Gasteiger partial charge in [-0.1, -0.05) is 26.0 Å². The van der Waals surface area contributed by atoms with Gasteiger partial charge in [-0.15, -0.1) is 0 Å². The molecule has 1 aliphatic carbocycles. The van der Waals surface area contributed by atoms with Crippen LogP contribution in [-0.4, -0.2) is 23.8 Å². The molecular weight excluding hydrogens is 361 g/mol. The van der Waals surface area contributed by atoms with E-state index < -0.39 is 0 Å². The lowest BCUT2D eigenvalue weighted by molar-refractivity contribution is 0.555. The predicted molar refractivity (Wildman–Crippen MR) is 120 cm³/mol. The molecule has 1 N–H and O–H groups in total. The van der Waals surface area contributed by atoms with Crippen molar-refractivity contribution in [2.75, 3.05) is 18.0 Å². The fourth-order valence-electron chi connectivity index (χ4n) is 4.11. The molecule has 29 heavy (non-hydrogen) atoms. The highest BCUT2D eigenvalue weighted by Gasteiger charge is 2.25. The molecule has 1 unspecified atom stereocenters. The lowest BCUT2D eigenvalue weighted by Crippen LogP contribution is -2.27. The summed E-state index contributed by atoms with van der Waals surface area (Å²) in [6, 6.07) is 9.74. The van der Waals surface area contributed by atoms with Crippen molar-refractivity contribution in [1.82, 2.24) is 4.98 Å². The first-order chi connectivity index (χ1) is 14.0. The molecular formula is C25H34FN3. The minimum atomic E-state index is -0.0910. The van der Waals surface area contributed by atoms with Gasteiger partial charge in [-0.05, 0) is 80.7 Å². The maximum atomic E-state index is 14.8. The molecule has 3 rings (SSSR count). The highest BCUT2D eigenvalue weighted by Crippen LogP contribution is 2.41. The number of aromatic nitrogens is 1. The minimum Gasteiger partial charge on any atom is -0.369 e. The molecule has 1 heterocycles. The van der Waals surface area contributed by atoms with Crippen LogP contribution in [0.4, 0.5) is 10.1 Å². The van der Waals surface area contributed by atoms with E-state index in [2.05, 4.69) is 29.8 Å². The minimum absolute atomic E-state index is 0.0910. The summed E-state index contributed by atoms with van der Waals surface area (Å²) >= 11 is 0. The summed E-state index contributed by atoms with van der Waals surface area (Å²) < 4.78 is 14.8. The SMILES string of the molecule is CCCN(CCCC(CC)C(=N)c1ncccc1C)c1ccc(C2CC2)cc1F. The molecule has 2 aromatic rings. The molecule has 1 aliphatic rings. The van der Waals surface area contributed by atoms with E-state index in [4.69, 9.17) is 5.41 Å². The van der Waals surface area contributed by atoms with Gasteiger partial charge >= 0.3 is 0 Å². The first-order valence-corrected chi connectivity index (χ1v) is 11.1. The van der Waals surface area contributed by atoms with Gasteiger partial charge in [0, 0.05) is 25.2 Å². The molecule has 1 atom stereocenters. The quantitative estimate of drug-likeness (QED) is 0.441. The third kappa shape index (κ3) is 5.43. The predicted octanol–water partition coefficient (Wildman–Crippen LogP) is 6.50. The van der Waals surface area contributed by atoms with Crippen LogP contribution in [-0.2, 0) is 0 Å². The number of halogens is 1. The van der Waals surface area contributed by atoms with E-state index in [-0.39, 0.29) is 11.7 Å². The topological polar surface area (TPSA) is 40.0 Å². The second-order valence-corrected chi connectivity index (χ2v) is 8.30. The van der Waals surface area contributed by atoms with Crippen molar-refractivity contribution in [3.63, 3.8) is 0 Å². The summed E-state index contributed by atoms with van der Waals surface area (Å²) in [5, 5.41) is 8.63. The van der Waals surface area contributed by atoms with E-state index in [1.807, 2.05) is 25.1 Å². The average Bonchev–Trinajstić information content (AvgIpc) is 3.56. The van der Waals surface area contributed by atoms with Crippen molar-refractivity contribution in [2.45, 2.75) is 65.2 Å². The second kappa shape index (κ2) is 10.00. The van der Waals surface area contributed by atoms with Crippen LogP contribution in [0.2, 0.25) is 0 Å². The molecule has 1 aromatic carbocycles. The molecule has 1 aromatic heterocycles. The van der Waals surface area contributed by atoms with Crippen molar-refractivity contribution >= 4 is 11.4 Å². The van der Waals surface area contributed by atoms with Gasteiger partial charge in [0.25, 0.3) is 0 Å². The molecule has 3 nitrogen and oxygen atoms in total. The molecule has 0 radical (unpaired) electrons. The van der Waals surface area contributed by atoms with Gasteiger partial charge in [0.05, 0.1) is 17.1 Å². The van der Waals surface area contributed by atoms with E-state index in [0.29, 0.717) is 11.6 Å². The standard InChI is InChI=1S/C25H34FN3/c1-4-15-29(23-13-12-21(17-22(23)26)20-10-11-20)16-7-9-19(5-2)24(27)25-18(3)8-6-14-28-25/h6,8,12-14,17,19-20,27H,4-5,7,9-11,15-16H2,1-3H3. The van der Waals surface area contributed by atoms with Gasteiger partial charge in [-0.3, -0.25) is 4.98 Å². The Bertz CT molecular complexity index is 829. The Morgan fingerprint density at radius 3 is 2.66 bits per heavy atom. The third-order valence-corrected chi connectivity index (χ3v) is 6.00. The lowest BCUT2D eigenvalue weighted by atomic mass is 9.91. The van der Waals surface area contributed by atoms with E-state index in [1.54, 1.807) is 12.3 Å². The van der Waals surface area contributed by atoms with E-state index in [1.165, 1.54) is 12.8 Å². The van der Waals surface area contributed by atoms with Crippen LogP contribution in [0.5, 0.6) is 0 Å². The number of nitrogens with zero attached hydrogens (tertiary/aromatic N) is 2. The zero-order valence-corrected chi connectivity index (χ0v) is 18.0. The Balaban J connectivity index is 1.62. The van der Waals surface area contributed by atoms with Gasteiger partial charge in [-0.25, -0.2) is 4.39 Å². The summed E-state index contributed by atoms with van der Waals surface area (Å²) in [5.74, 6) is 0.672. The molecule has 1 saturated carbocycles. The number of rotatable bonds is 11. The molecule has 1 fully saturated rings. The van der Waals surface area contributed by atoms with E-state index in [9.17, 15) is 4.39 Å². The van der Waals surface area contributed by atoms with Gasteiger partial charge in [-0.2, -0.15) is 0 Å². The summed E-state index contributed by atoms with van der Waals surface area (Å²) in [6.07, 6.45) is 7.93.